The van der Waals surface area contributed by atoms with E-state index in [0.717, 1.165) is 21.7 Å². The first-order chi connectivity index (χ1) is 13.3. The van der Waals surface area contributed by atoms with Crippen LogP contribution in [0.4, 0.5) is 0 Å². The molecule has 0 saturated heterocycles. The first-order valence-corrected chi connectivity index (χ1v) is 10.7. The fourth-order valence-electron chi connectivity index (χ4n) is 2.98. The molecule has 0 saturated carbocycles. The number of hydrogen-bond acceptors (Lipinski definition) is 4. The normalized spacial score (nSPS) is 12.0. The minimum Gasteiger partial charge on any atom is -0.395 e. The molecule has 1 aromatic heterocycles. The summed E-state index contributed by atoms with van der Waals surface area (Å²) in [7, 11) is -3.90. The van der Waals surface area contributed by atoms with Crippen LogP contribution in [0.3, 0.4) is 0 Å². The number of aliphatic hydroxyl groups excluding tert-OH is 1. The number of rotatable bonds is 7. The number of aliphatic hydroxyl groups is 1. The fourth-order valence-corrected chi connectivity index (χ4v) is 4.52. The van der Waals surface area contributed by atoms with E-state index in [9.17, 15) is 18.3 Å². The van der Waals surface area contributed by atoms with Gasteiger partial charge in [-0.25, -0.2) is 8.42 Å². The van der Waals surface area contributed by atoms with Crippen LogP contribution in [0.25, 0.3) is 10.9 Å². The lowest BCUT2D eigenvalue weighted by molar-refractivity contribution is 0.251. The second-order valence-electron chi connectivity index (χ2n) is 6.41. The van der Waals surface area contributed by atoms with Gasteiger partial charge in [0.1, 0.15) is 0 Å². The Balaban J connectivity index is 2.01. The van der Waals surface area contributed by atoms with E-state index in [1.165, 1.54) is 24.3 Å². The van der Waals surface area contributed by atoms with Crippen molar-refractivity contribution in [2.24, 2.45) is 0 Å². The zero-order valence-electron chi connectivity index (χ0n) is 15.4. The molecule has 0 aliphatic rings. The molecule has 3 rings (SSSR count). The number of aromatic amines is 1. The van der Waals surface area contributed by atoms with Crippen molar-refractivity contribution < 1.29 is 13.5 Å². The minimum absolute atomic E-state index is 0.0517. The molecule has 8 heteroatoms. The fraction of sp³-hybridized carbons (Fsp3) is 0.250. The van der Waals surface area contributed by atoms with Crippen LogP contribution in [0.15, 0.2) is 58.2 Å². The lowest BCUT2D eigenvalue weighted by atomic mass is 10.1. The second kappa shape index (κ2) is 8.45. The Morgan fingerprint density at radius 2 is 1.82 bits per heavy atom. The van der Waals surface area contributed by atoms with Gasteiger partial charge in [0.2, 0.25) is 10.0 Å². The molecule has 0 spiro atoms. The highest BCUT2D eigenvalue weighted by molar-refractivity contribution is 7.89. The van der Waals surface area contributed by atoms with Crippen LogP contribution in [0.2, 0.25) is 5.02 Å². The Kier molecular flexibility index (Phi) is 6.20. The molecule has 6 nitrogen and oxygen atoms in total. The third-order valence-corrected chi connectivity index (χ3v) is 6.65. The zero-order valence-corrected chi connectivity index (χ0v) is 16.9. The smallest absolute Gasteiger partial charge is 0.252 e. The summed E-state index contributed by atoms with van der Waals surface area (Å²) in [5.74, 6) is 0. The number of nitrogens with zero attached hydrogens (tertiary/aromatic N) is 1. The van der Waals surface area contributed by atoms with Gasteiger partial charge in [-0.3, -0.25) is 4.79 Å². The van der Waals surface area contributed by atoms with E-state index in [-0.39, 0.29) is 30.2 Å². The Hall–Kier alpha value is -2.19. The molecule has 1 heterocycles. The number of benzene rings is 2. The van der Waals surface area contributed by atoms with Gasteiger partial charge in [-0.05, 0) is 59.8 Å². The van der Waals surface area contributed by atoms with Crippen LogP contribution >= 0.6 is 11.6 Å². The predicted molar refractivity (Wildman–Crippen MR) is 110 cm³/mol. The second-order valence-corrected chi connectivity index (χ2v) is 8.79. The summed E-state index contributed by atoms with van der Waals surface area (Å²) in [4.78, 5) is 15.3. The first-order valence-electron chi connectivity index (χ1n) is 8.86. The van der Waals surface area contributed by atoms with Gasteiger partial charge in [0.25, 0.3) is 5.56 Å². The minimum atomic E-state index is -3.90. The lowest BCUT2D eigenvalue weighted by Crippen LogP contribution is -2.35. The molecule has 28 heavy (non-hydrogen) atoms. The number of nitrogens with one attached hydrogen (secondary N) is 1. The van der Waals surface area contributed by atoms with Crippen molar-refractivity contribution in [3.05, 3.63) is 75.0 Å². The van der Waals surface area contributed by atoms with Crippen LogP contribution in [0.1, 0.15) is 18.1 Å². The van der Waals surface area contributed by atoms with Gasteiger partial charge in [0.05, 0.1) is 11.5 Å². The molecule has 0 atom stereocenters. The third-order valence-electron chi connectivity index (χ3n) is 4.54. The number of aromatic nitrogens is 1. The van der Waals surface area contributed by atoms with Gasteiger partial charge >= 0.3 is 0 Å². The van der Waals surface area contributed by atoms with Crippen molar-refractivity contribution in [3.63, 3.8) is 0 Å². The zero-order chi connectivity index (χ0) is 20.3. The molecule has 2 aromatic carbocycles. The van der Waals surface area contributed by atoms with Gasteiger partial charge in [0.15, 0.2) is 0 Å². The van der Waals surface area contributed by atoms with E-state index < -0.39 is 10.0 Å². The van der Waals surface area contributed by atoms with Crippen molar-refractivity contribution in [1.82, 2.24) is 9.29 Å². The average molecular weight is 421 g/mol. The molecule has 2 N–H and O–H groups in total. The van der Waals surface area contributed by atoms with Crippen LogP contribution in [0.5, 0.6) is 0 Å². The number of pyridine rings is 1. The highest BCUT2D eigenvalue weighted by Crippen LogP contribution is 2.21. The average Bonchev–Trinajstić information content (AvgIpc) is 2.68. The summed E-state index contributed by atoms with van der Waals surface area (Å²) in [6.45, 7) is 1.40. The standard InChI is InChI=1S/C20H21ClN2O4S/c1-2-14-3-8-19-15(11-14)12-16(20(25)22-19)13-23(9-10-24)28(26,27)18-6-4-17(21)5-7-18/h3-8,11-12,24H,2,9-10,13H2,1H3,(H,22,25). The number of hydrogen-bond donors (Lipinski definition) is 2. The van der Waals surface area contributed by atoms with Gasteiger partial charge in [-0.15, -0.1) is 0 Å². The maximum atomic E-state index is 13.0. The van der Waals surface area contributed by atoms with Crippen LogP contribution in [0, 0.1) is 0 Å². The molecule has 3 aromatic rings. The quantitative estimate of drug-likeness (QED) is 0.614. The number of halogens is 1. The summed E-state index contributed by atoms with van der Waals surface area (Å²) in [6.07, 6.45) is 0.853. The SMILES string of the molecule is CCc1ccc2[nH]c(=O)c(CN(CCO)S(=O)(=O)c3ccc(Cl)cc3)cc2c1. The van der Waals surface area contributed by atoms with Gasteiger partial charge in [0, 0.05) is 29.2 Å². The molecule has 0 fully saturated rings. The summed E-state index contributed by atoms with van der Waals surface area (Å²) >= 11 is 5.84. The summed E-state index contributed by atoms with van der Waals surface area (Å²) < 4.78 is 27.0. The van der Waals surface area contributed by atoms with Crippen LogP contribution < -0.4 is 5.56 Å². The summed E-state index contributed by atoms with van der Waals surface area (Å²) in [6, 6.07) is 13.2. The number of H-pyrrole nitrogens is 1. The lowest BCUT2D eigenvalue weighted by Gasteiger charge is -2.21. The molecule has 0 unspecified atom stereocenters. The monoisotopic (exact) mass is 420 g/mol. The molecule has 0 radical (unpaired) electrons. The largest absolute Gasteiger partial charge is 0.395 e. The number of aryl methyl sites for hydroxylation is 1. The Bertz CT molecular complexity index is 1140. The third kappa shape index (κ3) is 4.28. The van der Waals surface area contributed by atoms with E-state index in [2.05, 4.69) is 4.98 Å². The van der Waals surface area contributed by atoms with Crippen LogP contribution in [-0.2, 0) is 23.0 Å². The Morgan fingerprint density at radius 3 is 2.46 bits per heavy atom. The molecule has 0 aliphatic heterocycles. The Morgan fingerprint density at radius 1 is 1.11 bits per heavy atom. The highest BCUT2D eigenvalue weighted by Gasteiger charge is 2.25. The van der Waals surface area contributed by atoms with E-state index in [0.29, 0.717) is 16.1 Å². The molecule has 148 valence electrons. The maximum Gasteiger partial charge on any atom is 0.252 e. The molecule has 0 aliphatic carbocycles. The number of fused-ring (bicyclic) bond motifs is 1. The van der Waals surface area contributed by atoms with Crippen molar-refractivity contribution in [2.75, 3.05) is 13.2 Å². The Labute approximate surface area is 168 Å². The summed E-state index contributed by atoms with van der Waals surface area (Å²) in [5.41, 5.74) is 1.77. The number of sulfonamides is 1. The predicted octanol–water partition coefficient (Wildman–Crippen LogP) is 2.93. The van der Waals surface area contributed by atoms with Gasteiger partial charge < -0.3 is 10.1 Å². The molecular formula is C20H21ClN2O4S. The van der Waals surface area contributed by atoms with Crippen molar-refractivity contribution in [2.45, 2.75) is 24.8 Å². The van der Waals surface area contributed by atoms with Gasteiger partial charge in [-0.2, -0.15) is 4.31 Å². The van der Waals surface area contributed by atoms with E-state index >= 15 is 0 Å². The first kappa shape index (κ1) is 20.5. The van der Waals surface area contributed by atoms with E-state index in [1.807, 2.05) is 25.1 Å². The van der Waals surface area contributed by atoms with Gasteiger partial charge in [-0.1, -0.05) is 24.6 Å². The maximum absolute atomic E-state index is 13.0. The molecule has 0 bridgehead atoms. The van der Waals surface area contributed by atoms with Crippen molar-refractivity contribution >= 4 is 32.5 Å². The van der Waals surface area contributed by atoms with Crippen molar-refractivity contribution in [1.29, 1.82) is 0 Å². The van der Waals surface area contributed by atoms with Crippen molar-refractivity contribution in [3.8, 4) is 0 Å². The van der Waals surface area contributed by atoms with E-state index in [1.54, 1.807) is 6.07 Å². The molecular weight excluding hydrogens is 400 g/mol. The summed E-state index contributed by atoms with van der Waals surface area (Å²) in [5, 5.41) is 10.6. The highest BCUT2D eigenvalue weighted by atomic mass is 35.5. The molecule has 0 amide bonds. The van der Waals surface area contributed by atoms with E-state index in [4.69, 9.17) is 11.6 Å². The van der Waals surface area contributed by atoms with Crippen LogP contribution in [-0.4, -0.2) is 36.0 Å². The topological polar surface area (TPSA) is 90.5 Å².